The van der Waals surface area contributed by atoms with Crippen LogP contribution in [-0.2, 0) is 11.2 Å². The van der Waals surface area contributed by atoms with Crippen LogP contribution in [0.4, 0.5) is 0 Å². The molecular weight excluding hydrogens is 260 g/mol. The van der Waals surface area contributed by atoms with E-state index in [0.29, 0.717) is 6.42 Å². The van der Waals surface area contributed by atoms with Gasteiger partial charge in [-0.1, -0.05) is 30.3 Å². The second kappa shape index (κ2) is 6.61. The van der Waals surface area contributed by atoms with Crippen LogP contribution >= 0.6 is 0 Å². The van der Waals surface area contributed by atoms with Gasteiger partial charge >= 0.3 is 0 Å². The smallest absolute Gasteiger partial charge is 0.236 e. The Bertz CT molecular complexity index is 453. The number of benzene rings is 1. The number of hydrogen-bond donors (Lipinski definition) is 2. The minimum absolute atomic E-state index is 0.0252. The summed E-state index contributed by atoms with van der Waals surface area (Å²) < 4.78 is 0. The van der Waals surface area contributed by atoms with Gasteiger partial charge in [-0.3, -0.25) is 4.79 Å². The summed E-state index contributed by atoms with van der Waals surface area (Å²) in [4.78, 5) is 12.1. The molecule has 0 radical (unpaired) electrons. The van der Waals surface area contributed by atoms with Gasteiger partial charge in [0.25, 0.3) is 0 Å². The molecule has 0 saturated heterocycles. The number of amides is 1. The lowest BCUT2D eigenvalue weighted by Crippen LogP contribution is -2.43. The predicted octanol–water partition coefficient (Wildman–Crippen LogP) is 2.50. The van der Waals surface area contributed by atoms with Crippen molar-refractivity contribution < 1.29 is 4.79 Å². The zero-order chi connectivity index (χ0) is 14.7. The third-order valence-electron chi connectivity index (χ3n) is 4.89. The highest BCUT2D eigenvalue weighted by Gasteiger charge is 2.41. The molecule has 114 valence electrons. The van der Waals surface area contributed by atoms with Gasteiger partial charge in [0, 0.05) is 6.54 Å². The number of aryl methyl sites for hydroxylation is 1. The van der Waals surface area contributed by atoms with Gasteiger partial charge in [0.05, 0.1) is 6.04 Å². The molecule has 1 aromatic rings. The van der Waals surface area contributed by atoms with Gasteiger partial charge < -0.3 is 11.1 Å². The molecule has 2 saturated carbocycles. The molecule has 0 aromatic heterocycles. The first-order chi connectivity index (χ1) is 10.2. The molecule has 3 nitrogen and oxygen atoms in total. The maximum absolute atomic E-state index is 12.1. The van der Waals surface area contributed by atoms with Crippen LogP contribution in [0.25, 0.3) is 0 Å². The topological polar surface area (TPSA) is 55.1 Å². The van der Waals surface area contributed by atoms with Crippen molar-refractivity contribution in [3.8, 4) is 0 Å². The van der Waals surface area contributed by atoms with Crippen LogP contribution in [0.5, 0.6) is 0 Å². The quantitative estimate of drug-likeness (QED) is 0.771. The third kappa shape index (κ3) is 4.31. The average Bonchev–Trinajstić information content (AvgIpc) is 3.38. The zero-order valence-electron chi connectivity index (χ0n) is 12.6. The molecule has 0 heterocycles. The molecule has 2 aliphatic rings. The first-order valence-corrected chi connectivity index (χ1v) is 8.31. The first kappa shape index (κ1) is 14.6. The van der Waals surface area contributed by atoms with Crippen LogP contribution in [0.1, 0.15) is 37.7 Å². The van der Waals surface area contributed by atoms with Crippen molar-refractivity contribution in [2.75, 3.05) is 6.54 Å². The summed E-state index contributed by atoms with van der Waals surface area (Å²) in [6.07, 6.45) is 7.01. The normalized spacial score (nSPS) is 19.5. The van der Waals surface area contributed by atoms with E-state index < -0.39 is 0 Å². The Kier molecular flexibility index (Phi) is 4.59. The Labute approximate surface area is 127 Å². The molecule has 0 bridgehead atoms. The Morgan fingerprint density at radius 1 is 1.14 bits per heavy atom. The Hall–Kier alpha value is -1.35. The van der Waals surface area contributed by atoms with E-state index in [4.69, 9.17) is 5.73 Å². The summed E-state index contributed by atoms with van der Waals surface area (Å²) in [5.41, 5.74) is 7.27. The summed E-state index contributed by atoms with van der Waals surface area (Å²) in [7, 11) is 0. The largest absolute Gasteiger partial charge is 0.354 e. The van der Waals surface area contributed by atoms with E-state index in [1.807, 2.05) is 18.2 Å². The number of hydrogen-bond acceptors (Lipinski definition) is 2. The van der Waals surface area contributed by atoms with Crippen molar-refractivity contribution in [1.29, 1.82) is 0 Å². The van der Waals surface area contributed by atoms with E-state index in [0.717, 1.165) is 30.7 Å². The van der Waals surface area contributed by atoms with Crippen LogP contribution in [0.15, 0.2) is 30.3 Å². The lowest BCUT2D eigenvalue weighted by atomic mass is 9.97. The first-order valence-electron chi connectivity index (χ1n) is 8.31. The van der Waals surface area contributed by atoms with Crippen molar-refractivity contribution in [1.82, 2.24) is 5.32 Å². The Morgan fingerprint density at radius 3 is 2.33 bits per heavy atom. The molecular formula is C18H26N2O. The van der Waals surface area contributed by atoms with E-state index in [1.165, 1.54) is 31.2 Å². The highest BCUT2D eigenvalue weighted by atomic mass is 16.2. The molecule has 0 spiro atoms. The molecule has 1 atom stereocenters. The molecule has 1 aromatic carbocycles. The van der Waals surface area contributed by atoms with Crippen LogP contribution in [0.3, 0.4) is 0 Å². The number of nitrogens with two attached hydrogens (primary N) is 1. The molecule has 3 N–H and O–H groups in total. The van der Waals surface area contributed by atoms with Gasteiger partial charge in [0.15, 0.2) is 0 Å². The van der Waals surface area contributed by atoms with Gasteiger partial charge in [-0.05, 0) is 61.8 Å². The van der Waals surface area contributed by atoms with E-state index in [2.05, 4.69) is 17.4 Å². The monoisotopic (exact) mass is 286 g/mol. The molecule has 2 aliphatic carbocycles. The fourth-order valence-electron chi connectivity index (χ4n) is 3.21. The summed E-state index contributed by atoms with van der Waals surface area (Å²) in [6, 6.07) is 9.84. The average molecular weight is 286 g/mol. The highest BCUT2D eigenvalue weighted by Crippen LogP contribution is 2.48. The van der Waals surface area contributed by atoms with Gasteiger partial charge in [0.2, 0.25) is 5.91 Å². The second-order valence-corrected chi connectivity index (χ2v) is 6.71. The lowest BCUT2D eigenvalue weighted by Gasteiger charge is -2.18. The molecule has 0 unspecified atom stereocenters. The molecule has 0 aliphatic heterocycles. The van der Waals surface area contributed by atoms with Gasteiger partial charge in [-0.15, -0.1) is 0 Å². The van der Waals surface area contributed by atoms with Crippen molar-refractivity contribution in [3.05, 3.63) is 35.9 Å². The number of carbonyl (C=O) groups excluding carboxylic acids is 1. The van der Waals surface area contributed by atoms with E-state index in [9.17, 15) is 4.79 Å². The number of carbonyl (C=O) groups is 1. The van der Waals surface area contributed by atoms with Gasteiger partial charge in [-0.25, -0.2) is 0 Å². The molecule has 3 rings (SSSR count). The Balaban J connectivity index is 1.39. The van der Waals surface area contributed by atoms with Crippen molar-refractivity contribution in [3.63, 3.8) is 0 Å². The van der Waals surface area contributed by atoms with Crippen molar-refractivity contribution in [2.24, 2.45) is 23.5 Å². The molecule has 1 amide bonds. The Morgan fingerprint density at radius 2 is 1.76 bits per heavy atom. The number of rotatable bonds is 8. The van der Waals surface area contributed by atoms with E-state index in [1.54, 1.807) is 0 Å². The fraction of sp³-hybridized carbons (Fsp3) is 0.611. The minimum atomic E-state index is -0.385. The lowest BCUT2D eigenvalue weighted by molar-refractivity contribution is -0.122. The number of nitrogens with one attached hydrogen (secondary N) is 1. The summed E-state index contributed by atoms with van der Waals surface area (Å²) in [5.74, 6) is 2.49. The summed E-state index contributed by atoms with van der Waals surface area (Å²) in [6.45, 7) is 0.840. The van der Waals surface area contributed by atoms with Gasteiger partial charge in [-0.2, -0.15) is 0 Å². The van der Waals surface area contributed by atoms with Gasteiger partial charge in [0.1, 0.15) is 0 Å². The maximum Gasteiger partial charge on any atom is 0.236 e. The standard InChI is InChI=1S/C18H26N2O/c19-17(11-6-13-4-2-1-3-5-13)18(21)20-12-16(14-7-8-14)15-9-10-15/h1-5,14-17H,6-12,19H2,(H,20,21)/t17-/m0/s1. The van der Waals surface area contributed by atoms with Crippen LogP contribution in [-0.4, -0.2) is 18.5 Å². The van der Waals surface area contributed by atoms with Crippen LogP contribution < -0.4 is 11.1 Å². The molecule has 3 heteroatoms. The highest BCUT2D eigenvalue weighted by molar-refractivity contribution is 5.81. The van der Waals surface area contributed by atoms with Crippen LogP contribution in [0, 0.1) is 17.8 Å². The van der Waals surface area contributed by atoms with E-state index >= 15 is 0 Å². The molecule has 21 heavy (non-hydrogen) atoms. The molecule has 2 fully saturated rings. The summed E-state index contributed by atoms with van der Waals surface area (Å²) >= 11 is 0. The second-order valence-electron chi connectivity index (χ2n) is 6.71. The van der Waals surface area contributed by atoms with E-state index in [-0.39, 0.29) is 11.9 Å². The third-order valence-corrected chi connectivity index (χ3v) is 4.89. The van der Waals surface area contributed by atoms with Crippen molar-refractivity contribution in [2.45, 2.75) is 44.6 Å². The summed E-state index contributed by atoms with van der Waals surface area (Å²) in [5, 5.41) is 3.10. The fourth-order valence-corrected chi connectivity index (χ4v) is 3.21. The SMILES string of the molecule is N[C@@H](CCc1ccccc1)C(=O)NCC(C1CC1)C1CC1. The zero-order valence-corrected chi connectivity index (χ0v) is 12.6. The predicted molar refractivity (Wildman–Crippen MR) is 84.7 cm³/mol. The maximum atomic E-state index is 12.1. The van der Waals surface area contributed by atoms with Crippen LogP contribution in [0.2, 0.25) is 0 Å². The minimum Gasteiger partial charge on any atom is -0.354 e. The van der Waals surface area contributed by atoms with Crippen molar-refractivity contribution >= 4 is 5.91 Å².